The third-order valence-electron chi connectivity index (χ3n) is 11.1. The van der Waals surface area contributed by atoms with E-state index in [1.54, 1.807) is 20.8 Å². The predicted molar refractivity (Wildman–Crippen MR) is 263 cm³/mol. The summed E-state index contributed by atoms with van der Waals surface area (Å²) in [5.74, 6) is -3.28. The Hall–Kier alpha value is -3.91. The minimum Gasteiger partial charge on any atom is -0.462 e. The molecule has 0 fully saturated rings. The van der Waals surface area contributed by atoms with Crippen LogP contribution in [0.1, 0.15) is 241 Å². The first-order valence-corrected chi connectivity index (χ1v) is 26.6. The third-order valence-corrected chi connectivity index (χ3v) is 11.1. The summed E-state index contributed by atoms with van der Waals surface area (Å²) < 4.78 is 38.6. The molecule has 0 aliphatic rings. The van der Waals surface area contributed by atoms with Gasteiger partial charge in [-0.1, -0.05) is 156 Å². The molecule has 0 saturated heterocycles. The summed E-state index contributed by atoms with van der Waals surface area (Å²) in [6.07, 6.45) is 21.3. The maximum absolute atomic E-state index is 13.3. The van der Waals surface area contributed by atoms with Crippen molar-refractivity contribution in [3.8, 4) is 0 Å². The van der Waals surface area contributed by atoms with E-state index in [0.717, 1.165) is 128 Å². The fourth-order valence-corrected chi connectivity index (χ4v) is 7.03. The number of hydrogen-bond donors (Lipinski definition) is 0. The quantitative estimate of drug-likeness (QED) is 0.0319. The van der Waals surface area contributed by atoms with E-state index < -0.39 is 59.7 Å². The van der Waals surface area contributed by atoms with Crippen molar-refractivity contribution in [2.24, 2.45) is 0 Å². The SMILES string of the molecule is CCCCCCCCC(=O)OCC(COC(=O)CCCCCCCC)OC(=O)CCN(CCC(=O)OC(COC(=O)CCCCCCCC)COC(=O)CCCCCCCC)C(=O)OC(C)(C)C. The van der Waals surface area contributed by atoms with E-state index in [1.165, 1.54) is 4.90 Å². The predicted octanol–water partition coefficient (Wildman–Crippen LogP) is 12.0. The Morgan fingerprint density at radius 1 is 0.353 bits per heavy atom. The normalized spacial score (nSPS) is 11.3. The van der Waals surface area contributed by atoms with Gasteiger partial charge in [0.1, 0.15) is 32.0 Å². The first kappa shape index (κ1) is 64.1. The molecule has 1 amide bonds. The Labute approximate surface area is 410 Å². The van der Waals surface area contributed by atoms with Crippen LogP contribution >= 0.6 is 0 Å². The maximum atomic E-state index is 13.3. The maximum Gasteiger partial charge on any atom is 0.410 e. The highest BCUT2D eigenvalue weighted by molar-refractivity contribution is 5.74. The molecule has 0 bridgehead atoms. The number of carbonyl (C=O) groups is 7. The van der Waals surface area contributed by atoms with E-state index in [-0.39, 0.29) is 78.0 Å². The second-order valence-corrected chi connectivity index (χ2v) is 19.0. The van der Waals surface area contributed by atoms with Crippen molar-refractivity contribution in [3.05, 3.63) is 0 Å². The fourth-order valence-electron chi connectivity index (χ4n) is 7.03. The smallest absolute Gasteiger partial charge is 0.410 e. The van der Waals surface area contributed by atoms with Crippen LogP contribution in [-0.4, -0.2) is 104 Å². The largest absolute Gasteiger partial charge is 0.462 e. The number of amides is 1. The Kier molecular flexibility index (Phi) is 40.7. The first-order chi connectivity index (χ1) is 32.6. The number of rotatable bonds is 44. The van der Waals surface area contributed by atoms with Gasteiger partial charge in [0, 0.05) is 38.8 Å². The van der Waals surface area contributed by atoms with Crippen LogP contribution in [0.5, 0.6) is 0 Å². The van der Waals surface area contributed by atoms with Gasteiger partial charge in [0.25, 0.3) is 0 Å². The molecule has 15 heteroatoms. The Balaban J connectivity index is 5.66. The Bertz CT molecular complexity index is 1200. The highest BCUT2D eigenvalue weighted by Gasteiger charge is 2.27. The van der Waals surface area contributed by atoms with Crippen molar-refractivity contribution < 1.29 is 66.7 Å². The average molecular weight is 970 g/mol. The number of unbranched alkanes of at least 4 members (excludes halogenated alkanes) is 20. The molecule has 0 saturated carbocycles. The molecule has 0 aliphatic carbocycles. The van der Waals surface area contributed by atoms with Crippen LogP contribution in [0.3, 0.4) is 0 Å². The van der Waals surface area contributed by atoms with E-state index in [0.29, 0.717) is 25.7 Å². The number of nitrogens with zero attached hydrogens (tertiary/aromatic N) is 1. The second kappa shape index (κ2) is 43.1. The number of hydrogen-bond acceptors (Lipinski definition) is 14. The minimum absolute atomic E-state index is 0.209. The molecule has 0 radical (unpaired) electrons. The molecule has 0 unspecified atom stereocenters. The zero-order valence-corrected chi connectivity index (χ0v) is 43.8. The zero-order chi connectivity index (χ0) is 50.7. The molecule has 0 aromatic rings. The lowest BCUT2D eigenvalue weighted by molar-refractivity contribution is -0.167. The molecule has 0 aromatic carbocycles. The van der Waals surface area contributed by atoms with Crippen LogP contribution in [0.15, 0.2) is 0 Å². The van der Waals surface area contributed by atoms with Crippen LogP contribution < -0.4 is 0 Å². The number of ether oxygens (including phenoxy) is 7. The van der Waals surface area contributed by atoms with Crippen molar-refractivity contribution in [2.75, 3.05) is 39.5 Å². The van der Waals surface area contributed by atoms with Crippen LogP contribution in [0.25, 0.3) is 0 Å². The van der Waals surface area contributed by atoms with Gasteiger partial charge >= 0.3 is 41.9 Å². The van der Waals surface area contributed by atoms with Gasteiger partial charge in [0.2, 0.25) is 0 Å². The molecule has 0 aliphatic heterocycles. The van der Waals surface area contributed by atoms with Gasteiger partial charge in [0.15, 0.2) is 12.2 Å². The van der Waals surface area contributed by atoms with Gasteiger partial charge in [-0.15, -0.1) is 0 Å². The van der Waals surface area contributed by atoms with Gasteiger partial charge in [-0.25, -0.2) is 4.79 Å². The summed E-state index contributed by atoms with van der Waals surface area (Å²) in [5.41, 5.74) is -0.899. The lowest BCUT2D eigenvalue weighted by atomic mass is 10.1. The zero-order valence-electron chi connectivity index (χ0n) is 43.8. The van der Waals surface area contributed by atoms with E-state index in [1.807, 2.05) is 0 Å². The molecule has 0 heterocycles. The minimum atomic E-state index is -1.08. The molecule has 0 rings (SSSR count). The summed E-state index contributed by atoms with van der Waals surface area (Å²) in [4.78, 5) is 91.4. The van der Waals surface area contributed by atoms with Gasteiger partial charge in [-0.2, -0.15) is 0 Å². The Morgan fingerprint density at radius 2 is 0.603 bits per heavy atom. The standard InChI is InChI=1S/C53H95NO14/c1-8-12-16-20-24-28-32-46(55)62-40-44(41-63-47(56)33-29-25-21-17-13-9-2)66-50(59)36-38-54(52(61)68-53(5,6)7)39-37-51(60)67-45(42-64-48(57)34-30-26-22-18-14-10-3)43-65-49(58)35-31-27-23-19-15-11-4/h44-45H,8-43H2,1-7H3. The third kappa shape index (κ3) is 41.1. The summed E-state index contributed by atoms with van der Waals surface area (Å²) >= 11 is 0. The van der Waals surface area contributed by atoms with Crippen molar-refractivity contribution in [1.82, 2.24) is 4.90 Å². The van der Waals surface area contributed by atoms with Crippen LogP contribution in [0, 0.1) is 0 Å². The van der Waals surface area contributed by atoms with Crippen LogP contribution in [0.4, 0.5) is 4.79 Å². The van der Waals surface area contributed by atoms with Crippen LogP contribution in [-0.2, 0) is 61.9 Å². The monoisotopic (exact) mass is 970 g/mol. The van der Waals surface area contributed by atoms with Crippen LogP contribution in [0.2, 0.25) is 0 Å². The second-order valence-electron chi connectivity index (χ2n) is 19.0. The molecule has 68 heavy (non-hydrogen) atoms. The Morgan fingerprint density at radius 3 is 0.853 bits per heavy atom. The molecule has 15 nitrogen and oxygen atoms in total. The number of esters is 6. The molecular formula is C53H95NO14. The molecule has 0 spiro atoms. The molecular weight excluding hydrogens is 875 g/mol. The lowest BCUT2D eigenvalue weighted by Crippen LogP contribution is -2.40. The van der Waals surface area contributed by atoms with E-state index in [4.69, 9.17) is 33.2 Å². The summed E-state index contributed by atoms with van der Waals surface area (Å²) in [6, 6.07) is 0. The van der Waals surface area contributed by atoms with Gasteiger partial charge in [0.05, 0.1) is 12.8 Å². The van der Waals surface area contributed by atoms with Gasteiger partial charge < -0.3 is 38.1 Å². The highest BCUT2D eigenvalue weighted by atomic mass is 16.6. The fraction of sp³-hybridized carbons (Fsp3) is 0.868. The van der Waals surface area contributed by atoms with Crippen molar-refractivity contribution >= 4 is 41.9 Å². The topological polar surface area (TPSA) is 187 Å². The average Bonchev–Trinajstić information content (AvgIpc) is 3.29. The van der Waals surface area contributed by atoms with Gasteiger partial charge in [-0.3, -0.25) is 28.8 Å². The van der Waals surface area contributed by atoms with E-state index >= 15 is 0 Å². The molecule has 0 aromatic heterocycles. The first-order valence-electron chi connectivity index (χ1n) is 26.6. The van der Waals surface area contributed by atoms with Crippen molar-refractivity contribution in [2.45, 2.75) is 259 Å². The molecule has 0 atom stereocenters. The van der Waals surface area contributed by atoms with Crippen molar-refractivity contribution in [1.29, 1.82) is 0 Å². The summed E-state index contributed by atoms with van der Waals surface area (Å²) in [6.45, 7) is 12.0. The van der Waals surface area contributed by atoms with Crippen molar-refractivity contribution in [3.63, 3.8) is 0 Å². The highest BCUT2D eigenvalue weighted by Crippen LogP contribution is 2.15. The summed E-state index contributed by atoms with van der Waals surface area (Å²) in [5, 5.41) is 0. The van der Waals surface area contributed by atoms with E-state index in [2.05, 4.69) is 27.7 Å². The summed E-state index contributed by atoms with van der Waals surface area (Å²) in [7, 11) is 0. The number of carbonyl (C=O) groups excluding carboxylic acids is 7. The lowest BCUT2D eigenvalue weighted by Gasteiger charge is -2.27. The molecule has 396 valence electrons. The molecule has 0 N–H and O–H groups in total. The van der Waals surface area contributed by atoms with E-state index in [9.17, 15) is 33.6 Å². The van der Waals surface area contributed by atoms with Gasteiger partial charge in [-0.05, 0) is 46.5 Å².